The van der Waals surface area contributed by atoms with Crippen molar-refractivity contribution in [1.29, 1.82) is 0 Å². The molecule has 0 radical (unpaired) electrons. The summed E-state index contributed by atoms with van der Waals surface area (Å²) in [5.41, 5.74) is 0. The highest BCUT2D eigenvalue weighted by molar-refractivity contribution is 6.00. The molecule has 2 fully saturated rings. The molecule has 2 atom stereocenters. The van der Waals surface area contributed by atoms with Crippen LogP contribution in [0, 0.1) is 0 Å². The van der Waals surface area contributed by atoms with Crippen LogP contribution in [0.1, 0.15) is 33.1 Å². The van der Waals surface area contributed by atoms with Crippen molar-refractivity contribution in [3.8, 4) is 0 Å². The molecule has 0 aliphatic carbocycles. The summed E-state index contributed by atoms with van der Waals surface area (Å²) in [5, 5.41) is 3.42. The largest absolute Gasteiger partial charge is 0.302 e. The highest BCUT2D eigenvalue weighted by Crippen LogP contribution is 2.17. The zero-order chi connectivity index (χ0) is 13.3. The third kappa shape index (κ3) is 2.72. The first-order chi connectivity index (χ1) is 8.49. The standard InChI is InChI=1S/C13H23N3O2/c1-9(2)16-7-6-10(8-16)14-11-4-5-12(17)15(3)13(11)18/h9-11,14H,4-8H2,1-3H3. The summed E-state index contributed by atoms with van der Waals surface area (Å²) in [7, 11) is 1.58. The first-order valence-corrected chi connectivity index (χ1v) is 6.79. The molecule has 2 unspecified atom stereocenters. The van der Waals surface area contributed by atoms with Crippen molar-refractivity contribution in [1.82, 2.24) is 15.1 Å². The lowest BCUT2D eigenvalue weighted by molar-refractivity contribution is -0.148. The van der Waals surface area contributed by atoms with Crippen LogP contribution in [0.3, 0.4) is 0 Å². The zero-order valence-corrected chi connectivity index (χ0v) is 11.5. The van der Waals surface area contributed by atoms with Gasteiger partial charge in [0.05, 0.1) is 6.04 Å². The molecule has 2 amide bonds. The molecule has 0 saturated carbocycles. The Morgan fingerprint density at radius 1 is 1.28 bits per heavy atom. The van der Waals surface area contributed by atoms with Gasteiger partial charge in [0.25, 0.3) is 0 Å². The Balaban J connectivity index is 1.87. The Labute approximate surface area is 108 Å². The van der Waals surface area contributed by atoms with Gasteiger partial charge in [0, 0.05) is 32.1 Å². The molecule has 2 heterocycles. The van der Waals surface area contributed by atoms with E-state index in [1.807, 2.05) is 0 Å². The number of amides is 2. The second-order valence-electron chi connectivity index (χ2n) is 5.62. The first-order valence-electron chi connectivity index (χ1n) is 6.79. The van der Waals surface area contributed by atoms with E-state index in [2.05, 4.69) is 24.1 Å². The Bertz CT molecular complexity index is 343. The summed E-state index contributed by atoms with van der Waals surface area (Å²) in [6.45, 7) is 6.48. The van der Waals surface area contributed by atoms with Crippen molar-refractivity contribution in [3.63, 3.8) is 0 Å². The SMILES string of the molecule is CC(C)N1CCC(NC2CCC(=O)N(C)C2=O)C1. The number of likely N-dealkylation sites (tertiary alicyclic amines) is 2. The molecule has 2 saturated heterocycles. The highest BCUT2D eigenvalue weighted by Gasteiger charge is 2.34. The van der Waals surface area contributed by atoms with Gasteiger partial charge in [0.15, 0.2) is 0 Å². The molecule has 0 aromatic carbocycles. The van der Waals surface area contributed by atoms with E-state index in [4.69, 9.17) is 0 Å². The maximum absolute atomic E-state index is 12.0. The van der Waals surface area contributed by atoms with Crippen LogP contribution >= 0.6 is 0 Å². The molecular weight excluding hydrogens is 230 g/mol. The van der Waals surface area contributed by atoms with Crippen molar-refractivity contribution >= 4 is 11.8 Å². The number of hydrogen-bond donors (Lipinski definition) is 1. The molecule has 102 valence electrons. The summed E-state index contributed by atoms with van der Waals surface area (Å²) in [6.07, 6.45) is 2.19. The number of hydrogen-bond acceptors (Lipinski definition) is 4. The number of imide groups is 1. The zero-order valence-electron chi connectivity index (χ0n) is 11.5. The Hall–Kier alpha value is -0.940. The Kier molecular flexibility index (Phi) is 4.02. The Morgan fingerprint density at radius 3 is 2.61 bits per heavy atom. The number of carbonyl (C=O) groups is 2. The fraction of sp³-hybridized carbons (Fsp3) is 0.846. The van der Waals surface area contributed by atoms with Crippen LogP contribution in [0.4, 0.5) is 0 Å². The predicted octanol–water partition coefficient (Wildman–Crippen LogP) is 0.206. The molecular formula is C13H23N3O2. The molecule has 0 aromatic rings. The fourth-order valence-electron chi connectivity index (χ4n) is 2.75. The van der Waals surface area contributed by atoms with Gasteiger partial charge < -0.3 is 5.32 Å². The summed E-state index contributed by atoms with van der Waals surface area (Å²) >= 11 is 0. The van der Waals surface area contributed by atoms with Gasteiger partial charge in [-0.2, -0.15) is 0 Å². The number of nitrogens with zero attached hydrogens (tertiary/aromatic N) is 2. The summed E-state index contributed by atoms with van der Waals surface area (Å²) in [5.74, 6) is -0.137. The van der Waals surface area contributed by atoms with Crippen LogP contribution in [-0.4, -0.2) is 59.9 Å². The number of nitrogens with one attached hydrogen (secondary N) is 1. The molecule has 2 aliphatic heterocycles. The molecule has 5 nitrogen and oxygen atoms in total. The van der Waals surface area contributed by atoms with Gasteiger partial charge in [0.2, 0.25) is 11.8 Å². The summed E-state index contributed by atoms with van der Waals surface area (Å²) < 4.78 is 0. The third-order valence-corrected chi connectivity index (χ3v) is 4.04. The molecule has 2 rings (SSSR count). The van der Waals surface area contributed by atoms with Gasteiger partial charge in [-0.1, -0.05) is 0 Å². The summed E-state index contributed by atoms with van der Waals surface area (Å²) in [6, 6.07) is 0.760. The molecule has 0 bridgehead atoms. The topological polar surface area (TPSA) is 52.7 Å². The third-order valence-electron chi connectivity index (χ3n) is 4.04. The van der Waals surface area contributed by atoms with E-state index in [0.717, 1.165) is 19.5 Å². The number of carbonyl (C=O) groups excluding carboxylic acids is 2. The van der Waals surface area contributed by atoms with E-state index in [1.54, 1.807) is 7.05 Å². The van der Waals surface area contributed by atoms with Crippen molar-refractivity contribution in [2.75, 3.05) is 20.1 Å². The Morgan fingerprint density at radius 2 is 2.00 bits per heavy atom. The average molecular weight is 253 g/mol. The molecule has 5 heteroatoms. The van der Waals surface area contributed by atoms with Gasteiger partial charge in [-0.05, 0) is 33.2 Å². The predicted molar refractivity (Wildman–Crippen MR) is 69.0 cm³/mol. The highest BCUT2D eigenvalue weighted by atomic mass is 16.2. The molecule has 0 aromatic heterocycles. The van der Waals surface area contributed by atoms with Crippen molar-refractivity contribution in [2.24, 2.45) is 0 Å². The molecule has 2 aliphatic rings. The van der Waals surface area contributed by atoms with Crippen LogP contribution in [-0.2, 0) is 9.59 Å². The molecule has 1 N–H and O–H groups in total. The van der Waals surface area contributed by atoms with Crippen molar-refractivity contribution in [2.45, 2.75) is 51.2 Å². The average Bonchev–Trinajstić information content (AvgIpc) is 2.79. The second-order valence-corrected chi connectivity index (χ2v) is 5.62. The van der Waals surface area contributed by atoms with Crippen LogP contribution < -0.4 is 5.32 Å². The lowest BCUT2D eigenvalue weighted by Gasteiger charge is -2.30. The van der Waals surface area contributed by atoms with E-state index in [0.29, 0.717) is 24.9 Å². The second kappa shape index (κ2) is 5.36. The lowest BCUT2D eigenvalue weighted by atomic mass is 10.0. The molecule has 18 heavy (non-hydrogen) atoms. The number of rotatable bonds is 3. The lowest BCUT2D eigenvalue weighted by Crippen LogP contribution is -2.54. The van der Waals surface area contributed by atoms with Crippen LogP contribution in [0.2, 0.25) is 0 Å². The van der Waals surface area contributed by atoms with E-state index in [9.17, 15) is 9.59 Å². The van der Waals surface area contributed by atoms with E-state index in [1.165, 1.54) is 4.90 Å². The maximum Gasteiger partial charge on any atom is 0.246 e. The quantitative estimate of drug-likeness (QED) is 0.730. The van der Waals surface area contributed by atoms with Gasteiger partial charge in [0.1, 0.15) is 0 Å². The number of piperidine rings is 1. The smallest absolute Gasteiger partial charge is 0.246 e. The van der Waals surface area contributed by atoms with Crippen LogP contribution in [0.25, 0.3) is 0 Å². The van der Waals surface area contributed by atoms with Gasteiger partial charge in [-0.15, -0.1) is 0 Å². The molecule has 0 spiro atoms. The fourth-order valence-corrected chi connectivity index (χ4v) is 2.75. The normalized spacial score (nSPS) is 30.6. The minimum atomic E-state index is -0.176. The van der Waals surface area contributed by atoms with Gasteiger partial charge in [-0.3, -0.25) is 19.4 Å². The minimum absolute atomic E-state index is 0.0618. The monoisotopic (exact) mass is 253 g/mol. The van der Waals surface area contributed by atoms with Crippen LogP contribution in [0.5, 0.6) is 0 Å². The van der Waals surface area contributed by atoms with E-state index in [-0.39, 0.29) is 17.9 Å². The van der Waals surface area contributed by atoms with Gasteiger partial charge >= 0.3 is 0 Å². The van der Waals surface area contributed by atoms with Crippen molar-refractivity contribution < 1.29 is 9.59 Å². The minimum Gasteiger partial charge on any atom is -0.302 e. The maximum atomic E-state index is 12.0. The van der Waals surface area contributed by atoms with E-state index < -0.39 is 0 Å². The summed E-state index contributed by atoms with van der Waals surface area (Å²) in [4.78, 5) is 27.0. The van der Waals surface area contributed by atoms with Crippen molar-refractivity contribution in [3.05, 3.63) is 0 Å². The first kappa shape index (κ1) is 13.5. The number of likely N-dealkylation sites (N-methyl/N-ethyl adjacent to an activating group) is 1. The van der Waals surface area contributed by atoms with Gasteiger partial charge in [-0.25, -0.2) is 0 Å². The van der Waals surface area contributed by atoms with E-state index >= 15 is 0 Å². The van der Waals surface area contributed by atoms with Crippen LogP contribution in [0.15, 0.2) is 0 Å².